The molecule has 6 nitrogen and oxygen atoms in total. The van der Waals surface area contributed by atoms with E-state index in [9.17, 15) is 9.90 Å². The van der Waals surface area contributed by atoms with Gasteiger partial charge in [0.05, 0.1) is 17.8 Å². The lowest BCUT2D eigenvalue weighted by Crippen LogP contribution is -2.17. The van der Waals surface area contributed by atoms with E-state index in [4.69, 9.17) is 4.42 Å². The number of H-pyrrole nitrogens is 1. The van der Waals surface area contributed by atoms with Crippen LogP contribution in [0.2, 0.25) is 0 Å². The number of rotatable bonds is 5. The molecule has 31 heavy (non-hydrogen) atoms. The van der Waals surface area contributed by atoms with Gasteiger partial charge >= 0.3 is 0 Å². The summed E-state index contributed by atoms with van der Waals surface area (Å²) in [6, 6.07) is 20.7. The van der Waals surface area contributed by atoms with Gasteiger partial charge in [0.1, 0.15) is 23.0 Å². The minimum Gasteiger partial charge on any atom is -0.508 e. The number of hydrogen-bond donors (Lipinski definition) is 2. The number of aromatic hydroxyl groups is 1. The van der Waals surface area contributed by atoms with Gasteiger partial charge in [-0.05, 0) is 36.8 Å². The largest absolute Gasteiger partial charge is 0.508 e. The Morgan fingerprint density at radius 3 is 2.61 bits per heavy atom. The maximum atomic E-state index is 13.2. The Labute approximate surface area is 178 Å². The smallest absolute Gasteiger partial charge is 0.278 e. The fraction of sp³-hybridized carbons (Fsp3) is 0.120. The first-order chi connectivity index (χ1) is 15.1. The SMILES string of the molecule is Cc1ccc(Cc2nc3c(Cc4ccccc4)[nH]c(-c4cccc(O)c4)cn-3c2=O)o1. The van der Waals surface area contributed by atoms with Gasteiger partial charge in [0.2, 0.25) is 0 Å². The Bertz CT molecular complexity index is 1380. The number of phenols is 1. The Morgan fingerprint density at radius 1 is 1.03 bits per heavy atom. The van der Waals surface area contributed by atoms with Crippen LogP contribution in [0.4, 0.5) is 0 Å². The van der Waals surface area contributed by atoms with Crippen LogP contribution in [-0.2, 0) is 12.8 Å². The van der Waals surface area contributed by atoms with E-state index in [2.05, 4.69) is 9.97 Å². The number of nitrogens with zero attached hydrogens (tertiary/aromatic N) is 2. The van der Waals surface area contributed by atoms with Crippen molar-refractivity contribution in [3.05, 3.63) is 112 Å². The summed E-state index contributed by atoms with van der Waals surface area (Å²) in [4.78, 5) is 21.3. The summed E-state index contributed by atoms with van der Waals surface area (Å²) < 4.78 is 7.23. The highest BCUT2D eigenvalue weighted by Gasteiger charge is 2.21. The van der Waals surface area contributed by atoms with Crippen molar-refractivity contribution in [3.63, 3.8) is 0 Å². The molecule has 0 bridgehead atoms. The summed E-state index contributed by atoms with van der Waals surface area (Å²) in [5.41, 5.74) is 3.70. The lowest BCUT2D eigenvalue weighted by Gasteiger charge is -2.13. The summed E-state index contributed by atoms with van der Waals surface area (Å²) in [5.74, 6) is 2.27. The van der Waals surface area contributed by atoms with Crippen molar-refractivity contribution in [2.45, 2.75) is 19.8 Å². The molecule has 0 atom stereocenters. The molecule has 0 saturated heterocycles. The number of hydrogen-bond acceptors (Lipinski definition) is 4. The zero-order valence-corrected chi connectivity index (χ0v) is 17.0. The van der Waals surface area contributed by atoms with Crippen LogP contribution in [0.5, 0.6) is 5.75 Å². The normalized spacial score (nSPS) is 11.3. The molecule has 3 heterocycles. The molecule has 0 amide bonds. The number of nitrogens with one attached hydrogen (secondary N) is 1. The molecule has 0 saturated carbocycles. The Hall–Kier alpha value is -4.06. The van der Waals surface area contributed by atoms with Gasteiger partial charge < -0.3 is 14.5 Å². The Morgan fingerprint density at radius 2 is 1.87 bits per heavy atom. The van der Waals surface area contributed by atoms with Crippen molar-refractivity contribution in [2.75, 3.05) is 0 Å². The monoisotopic (exact) mass is 411 g/mol. The first-order valence-electron chi connectivity index (χ1n) is 10.1. The molecule has 154 valence electrons. The minimum atomic E-state index is -0.172. The molecule has 0 radical (unpaired) electrons. The number of fused-ring (bicyclic) bond motifs is 1. The predicted octanol–water partition coefficient (Wildman–Crippen LogP) is 4.45. The molecule has 0 aliphatic carbocycles. The van der Waals surface area contributed by atoms with Crippen LogP contribution >= 0.6 is 0 Å². The number of furan rings is 1. The first-order valence-corrected chi connectivity index (χ1v) is 10.1. The van der Waals surface area contributed by atoms with E-state index in [1.54, 1.807) is 29.0 Å². The van der Waals surface area contributed by atoms with Gasteiger partial charge in [-0.15, -0.1) is 0 Å². The van der Waals surface area contributed by atoms with E-state index in [0.29, 0.717) is 30.1 Å². The molecule has 0 fully saturated rings. The van der Waals surface area contributed by atoms with E-state index in [0.717, 1.165) is 28.3 Å². The summed E-state index contributed by atoms with van der Waals surface area (Å²) in [5, 5.41) is 9.91. The summed E-state index contributed by atoms with van der Waals surface area (Å²) in [7, 11) is 0. The second kappa shape index (κ2) is 7.65. The standard InChI is InChI=1S/C25H21N3O3/c1-16-10-11-20(31-16)14-22-25(30)28-15-23(18-8-5-9-19(29)13-18)26-21(24(28)27-22)12-17-6-3-2-4-7-17/h2-11,13,15,26,29H,12,14H2,1H3. The molecule has 1 aromatic heterocycles. The number of benzene rings is 2. The number of aromatic amines is 1. The summed E-state index contributed by atoms with van der Waals surface area (Å²) >= 11 is 0. The van der Waals surface area contributed by atoms with Crippen LogP contribution in [-0.4, -0.2) is 19.6 Å². The van der Waals surface area contributed by atoms with E-state index in [-0.39, 0.29) is 11.3 Å². The van der Waals surface area contributed by atoms with Crippen molar-refractivity contribution in [1.82, 2.24) is 14.5 Å². The van der Waals surface area contributed by atoms with Crippen molar-refractivity contribution < 1.29 is 9.52 Å². The van der Waals surface area contributed by atoms with Crippen molar-refractivity contribution in [3.8, 4) is 22.8 Å². The molecule has 2 N–H and O–H groups in total. The molecule has 2 aliphatic rings. The maximum absolute atomic E-state index is 13.2. The van der Waals surface area contributed by atoms with Gasteiger partial charge in [-0.2, -0.15) is 0 Å². The second-order valence-electron chi connectivity index (χ2n) is 7.61. The van der Waals surface area contributed by atoms with Crippen LogP contribution in [0.15, 0.2) is 82.1 Å². The number of phenolic OH excluding ortho intramolecular Hbond substituents is 1. The molecule has 2 aromatic carbocycles. The molecule has 3 aromatic rings. The van der Waals surface area contributed by atoms with Crippen molar-refractivity contribution in [1.29, 1.82) is 0 Å². The quantitative estimate of drug-likeness (QED) is 0.447. The molecule has 2 aliphatic heterocycles. The predicted molar refractivity (Wildman–Crippen MR) is 118 cm³/mol. The fourth-order valence-corrected chi connectivity index (χ4v) is 3.78. The van der Waals surface area contributed by atoms with Crippen LogP contribution in [0.1, 0.15) is 28.5 Å². The third-order valence-corrected chi connectivity index (χ3v) is 5.27. The fourth-order valence-electron chi connectivity index (χ4n) is 3.78. The first kappa shape index (κ1) is 18.9. The van der Waals surface area contributed by atoms with Crippen LogP contribution < -0.4 is 5.56 Å². The lowest BCUT2D eigenvalue weighted by molar-refractivity contribution is 0.475. The average molecular weight is 411 g/mol. The van der Waals surface area contributed by atoms with Gasteiger partial charge in [0.15, 0.2) is 5.82 Å². The summed E-state index contributed by atoms with van der Waals surface area (Å²) in [6.07, 6.45) is 2.66. The molecular weight excluding hydrogens is 390 g/mol. The Balaban J connectivity index is 1.66. The van der Waals surface area contributed by atoms with E-state index >= 15 is 0 Å². The third-order valence-electron chi connectivity index (χ3n) is 5.27. The third kappa shape index (κ3) is 3.75. The number of imidazole rings is 1. The second-order valence-corrected chi connectivity index (χ2v) is 7.61. The molecular formula is C25H21N3O3. The van der Waals surface area contributed by atoms with Crippen LogP contribution in [0.3, 0.4) is 0 Å². The number of aryl methyl sites for hydroxylation is 1. The zero-order valence-electron chi connectivity index (χ0n) is 17.0. The van der Waals surface area contributed by atoms with Gasteiger partial charge in [-0.1, -0.05) is 42.5 Å². The Kier molecular flexibility index (Phi) is 4.67. The molecule has 5 rings (SSSR count). The minimum absolute atomic E-state index is 0.164. The maximum Gasteiger partial charge on any atom is 0.278 e. The highest BCUT2D eigenvalue weighted by molar-refractivity contribution is 5.62. The van der Waals surface area contributed by atoms with Crippen molar-refractivity contribution >= 4 is 0 Å². The van der Waals surface area contributed by atoms with Gasteiger partial charge in [0, 0.05) is 18.2 Å². The lowest BCUT2D eigenvalue weighted by atomic mass is 10.1. The van der Waals surface area contributed by atoms with Crippen LogP contribution in [0.25, 0.3) is 17.1 Å². The number of aromatic nitrogens is 3. The van der Waals surface area contributed by atoms with Gasteiger partial charge in [-0.25, -0.2) is 4.98 Å². The van der Waals surface area contributed by atoms with E-state index in [1.165, 1.54) is 0 Å². The van der Waals surface area contributed by atoms with Crippen LogP contribution in [0, 0.1) is 6.92 Å². The average Bonchev–Trinajstić information content (AvgIpc) is 3.32. The highest BCUT2D eigenvalue weighted by atomic mass is 16.3. The summed E-state index contributed by atoms with van der Waals surface area (Å²) in [6.45, 7) is 1.87. The van der Waals surface area contributed by atoms with Gasteiger partial charge in [-0.3, -0.25) is 9.36 Å². The molecule has 0 spiro atoms. The van der Waals surface area contributed by atoms with E-state index in [1.807, 2.05) is 55.5 Å². The van der Waals surface area contributed by atoms with Gasteiger partial charge in [0.25, 0.3) is 5.56 Å². The topological polar surface area (TPSA) is 84.0 Å². The zero-order chi connectivity index (χ0) is 21.4. The van der Waals surface area contributed by atoms with Crippen molar-refractivity contribution in [2.24, 2.45) is 0 Å². The van der Waals surface area contributed by atoms with E-state index < -0.39 is 0 Å². The molecule has 6 heteroatoms. The molecule has 0 unspecified atom stereocenters. The highest BCUT2D eigenvalue weighted by Crippen LogP contribution is 2.26.